The molecule has 0 unspecified atom stereocenters. The van der Waals surface area contributed by atoms with Crippen LogP contribution in [0.25, 0.3) is 28.2 Å². The average molecular weight is 409 g/mol. The monoisotopic (exact) mass is 409 g/mol. The van der Waals surface area contributed by atoms with Gasteiger partial charge in [0.25, 0.3) is 5.56 Å². The van der Waals surface area contributed by atoms with Gasteiger partial charge in [0.1, 0.15) is 11.1 Å². The van der Waals surface area contributed by atoms with E-state index in [0.29, 0.717) is 17.2 Å². The van der Waals surface area contributed by atoms with E-state index in [2.05, 4.69) is 31.5 Å². The van der Waals surface area contributed by atoms with E-state index in [1.807, 2.05) is 0 Å². The van der Waals surface area contributed by atoms with E-state index in [1.54, 1.807) is 42.9 Å². The number of allylic oxidation sites excluding steroid dienone is 1. The first-order valence-corrected chi connectivity index (χ1v) is 10.3. The molecule has 0 amide bonds. The van der Waals surface area contributed by atoms with Gasteiger partial charge in [-0.05, 0) is 12.1 Å². The molecular weight excluding hydrogens is 394 g/mol. The summed E-state index contributed by atoms with van der Waals surface area (Å²) < 4.78 is 26.6. The normalized spacial score (nSPS) is 11.6. The van der Waals surface area contributed by atoms with Gasteiger partial charge in [-0.1, -0.05) is 12.1 Å². The van der Waals surface area contributed by atoms with E-state index >= 15 is 0 Å². The van der Waals surface area contributed by atoms with Crippen LogP contribution < -0.4 is 5.56 Å². The Balaban J connectivity index is 2.03. The molecule has 4 aromatic rings. The standard InChI is InChI=1S/C18H15N7O3S/c1-3-9-24-17(26)12-10-21-18(29(2,27)28)23-16(12)25(24)15-6-4-5-13(22-15)14-11-19-7-8-20-14/h3-8,10-11H,1,9H2,2H3. The molecule has 4 rings (SSSR count). The van der Waals surface area contributed by atoms with Crippen molar-refractivity contribution in [3.8, 4) is 17.2 Å². The summed E-state index contributed by atoms with van der Waals surface area (Å²) in [6.07, 6.45) is 8.44. The highest BCUT2D eigenvalue weighted by Crippen LogP contribution is 2.19. The molecule has 0 saturated carbocycles. The minimum atomic E-state index is -3.67. The van der Waals surface area contributed by atoms with Crippen molar-refractivity contribution in [2.24, 2.45) is 0 Å². The minimum Gasteiger partial charge on any atom is -0.267 e. The van der Waals surface area contributed by atoms with Crippen LogP contribution in [0.1, 0.15) is 0 Å². The summed E-state index contributed by atoms with van der Waals surface area (Å²) in [4.78, 5) is 33.6. The van der Waals surface area contributed by atoms with Crippen molar-refractivity contribution in [2.45, 2.75) is 11.7 Å². The Kier molecular flexibility index (Phi) is 4.51. The van der Waals surface area contributed by atoms with Crippen molar-refractivity contribution < 1.29 is 8.42 Å². The average Bonchev–Trinajstić information content (AvgIpc) is 3.00. The van der Waals surface area contributed by atoms with Gasteiger partial charge in [0.2, 0.25) is 15.0 Å². The Labute approximate surface area is 165 Å². The van der Waals surface area contributed by atoms with Crippen LogP contribution in [0.4, 0.5) is 0 Å². The van der Waals surface area contributed by atoms with Gasteiger partial charge < -0.3 is 0 Å². The first-order valence-electron chi connectivity index (χ1n) is 8.43. The largest absolute Gasteiger partial charge is 0.278 e. The maximum absolute atomic E-state index is 12.8. The van der Waals surface area contributed by atoms with E-state index in [4.69, 9.17) is 0 Å². The molecule has 0 fully saturated rings. The molecule has 0 saturated heterocycles. The maximum Gasteiger partial charge on any atom is 0.278 e. The molecule has 0 aliphatic rings. The Morgan fingerprint density at radius 3 is 2.62 bits per heavy atom. The smallest absolute Gasteiger partial charge is 0.267 e. The second-order valence-corrected chi connectivity index (χ2v) is 8.03. The summed E-state index contributed by atoms with van der Waals surface area (Å²) in [5.41, 5.74) is 0.838. The van der Waals surface area contributed by atoms with E-state index < -0.39 is 9.84 Å². The second-order valence-electron chi connectivity index (χ2n) is 6.12. The highest BCUT2D eigenvalue weighted by Gasteiger charge is 2.20. The molecule has 0 bridgehead atoms. The number of hydrogen-bond acceptors (Lipinski definition) is 8. The van der Waals surface area contributed by atoms with Crippen molar-refractivity contribution >= 4 is 20.9 Å². The van der Waals surface area contributed by atoms with Gasteiger partial charge >= 0.3 is 0 Å². The molecule has 11 heteroatoms. The van der Waals surface area contributed by atoms with Gasteiger partial charge in [0, 0.05) is 24.8 Å². The third-order valence-electron chi connectivity index (χ3n) is 4.06. The summed E-state index contributed by atoms with van der Waals surface area (Å²) in [6, 6.07) is 5.19. The summed E-state index contributed by atoms with van der Waals surface area (Å²) >= 11 is 0. The Morgan fingerprint density at radius 1 is 1.10 bits per heavy atom. The molecule has 146 valence electrons. The van der Waals surface area contributed by atoms with Gasteiger partial charge in [0.05, 0.1) is 18.4 Å². The fourth-order valence-electron chi connectivity index (χ4n) is 2.83. The molecule has 0 radical (unpaired) electrons. The topological polar surface area (TPSA) is 126 Å². The molecule has 0 atom stereocenters. The summed E-state index contributed by atoms with van der Waals surface area (Å²) in [5, 5.41) is -0.203. The number of hydrogen-bond donors (Lipinski definition) is 0. The predicted octanol–water partition coefficient (Wildman–Crippen LogP) is 1.02. The molecule has 0 N–H and O–H groups in total. The number of pyridine rings is 1. The van der Waals surface area contributed by atoms with Crippen LogP contribution in [0.15, 0.2) is 65.6 Å². The quantitative estimate of drug-likeness (QED) is 0.353. The lowest BCUT2D eigenvalue weighted by atomic mass is 10.3. The molecule has 0 aliphatic carbocycles. The van der Waals surface area contributed by atoms with Crippen molar-refractivity contribution in [1.82, 2.24) is 34.3 Å². The molecule has 4 aromatic heterocycles. The van der Waals surface area contributed by atoms with E-state index in [0.717, 1.165) is 6.26 Å². The minimum absolute atomic E-state index is 0.135. The molecular formula is C18H15N7O3S. The van der Waals surface area contributed by atoms with E-state index in [9.17, 15) is 13.2 Å². The number of rotatable bonds is 5. The van der Waals surface area contributed by atoms with E-state index in [-0.39, 0.29) is 28.3 Å². The number of nitrogens with zero attached hydrogens (tertiary/aromatic N) is 7. The lowest BCUT2D eigenvalue weighted by molar-refractivity contribution is 0.587. The van der Waals surface area contributed by atoms with Gasteiger partial charge in [-0.15, -0.1) is 6.58 Å². The maximum atomic E-state index is 12.8. The fraction of sp³-hybridized carbons (Fsp3) is 0.111. The van der Waals surface area contributed by atoms with Gasteiger partial charge in [0.15, 0.2) is 11.5 Å². The number of sulfone groups is 1. The van der Waals surface area contributed by atoms with Crippen LogP contribution in [0, 0.1) is 0 Å². The Bertz CT molecular complexity index is 1390. The second kappa shape index (κ2) is 7.02. The van der Waals surface area contributed by atoms with Crippen LogP contribution in [-0.2, 0) is 16.4 Å². The molecule has 0 aromatic carbocycles. The van der Waals surface area contributed by atoms with Crippen LogP contribution in [-0.4, -0.2) is 49.0 Å². The number of fused-ring (bicyclic) bond motifs is 1. The first-order chi connectivity index (χ1) is 13.9. The summed E-state index contributed by atoms with van der Waals surface area (Å²) in [5.74, 6) is 0.361. The van der Waals surface area contributed by atoms with E-state index in [1.165, 1.54) is 15.6 Å². The Hall–Kier alpha value is -3.73. The van der Waals surface area contributed by atoms with Crippen LogP contribution in [0.5, 0.6) is 0 Å². The lowest BCUT2D eigenvalue weighted by Gasteiger charge is -2.11. The zero-order chi connectivity index (χ0) is 20.6. The summed E-state index contributed by atoms with van der Waals surface area (Å²) in [7, 11) is -3.67. The van der Waals surface area contributed by atoms with Gasteiger partial charge in [-0.3, -0.25) is 14.8 Å². The third-order valence-corrected chi connectivity index (χ3v) is 4.92. The van der Waals surface area contributed by atoms with Crippen molar-refractivity contribution in [3.05, 3.63) is 66.0 Å². The highest BCUT2D eigenvalue weighted by molar-refractivity contribution is 7.90. The number of aromatic nitrogens is 7. The highest BCUT2D eigenvalue weighted by atomic mass is 32.2. The summed E-state index contributed by atoms with van der Waals surface area (Å²) in [6.45, 7) is 3.85. The molecule has 0 spiro atoms. The zero-order valence-electron chi connectivity index (χ0n) is 15.3. The van der Waals surface area contributed by atoms with Crippen molar-refractivity contribution in [3.63, 3.8) is 0 Å². The first kappa shape index (κ1) is 18.6. The molecule has 4 heterocycles. The lowest BCUT2D eigenvalue weighted by Crippen LogP contribution is -2.22. The van der Waals surface area contributed by atoms with Crippen LogP contribution >= 0.6 is 0 Å². The third kappa shape index (κ3) is 3.31. The van der Waals surface area contributed by atoms with Crippen LogP contribution in [0.3, 0.4) is 0 Å². The SMILES string of the molecule is C=CCn1c(=O)c2cnc(S(C)(=O)=O)nc2n1-c1cccc(-c2cnccn2)n1. The Morgan fingerprint density at radius 2 is 1.93 bits per heavy atom. The van der Waals surface area contributed by atoms with Crippen molar-refractivity contribution in [2.75, 3.05) is 6.26 Å². The molecule has 29 heavy (non-hydrogen) atoms. The predicted molar refractivity (Wildman–Crippen MR) is 105 cm³/mol. The molecule has 0 aliphatic heterocycles. The van der Waals surface area contributed by atoms with Gasteiger partial charge in [-0.2, -0.15) is 4.98 Å². The zero-order valence-corrected chi connectivity index (χ0v) is 16.1. The molecule has 10 nitrogen and oxygen atoms in total. The van der Waals surface area contributed by atoms with Gasteiger partial charge in [-0.25, -0.2) is 27.7 Å². The fourth-order valence-corrected chi connectivity index (χ4v) is 3.32. The van der Waals surface area contributed by atoms with Crippen molar-refractivity contribution in [1.29, 1.82) is 0 Å². The van der Waals surface area contributed by atoms with Crippen LogP contribution in [0.2, 0.25) is 0 Å².